The Labute approximate surface area is 138 Å². The van der Waals surface area contributed by atoms with E-state index in [1.807, 2.05) is 54.6 Å². The Morgan fingerprint density at radius 3 is 2.09 bits per heavy atom. The lowest BCUT2D eigenvalue weighted by atomic mass is 10.0. The number of oxazole rings is 1. The molecule has 0 atom stereocenters. The van der Waals surface area contributed by atoms with Crippen LogP contribution in [-0.4, -0.2) is 4.98 Å². The van der Waals surface area contributed by atoms with Gasteiger partial charge >= 0.3 is 0 Å². The Bertz CT molecular complexity index is 973. The molecule has 0 saturated heterocycles. The van der Waals surface area contributed by atoms with Crippen LogP contribution in [0.2, 0.25) is 5.02 Å². The monoisotopic (exact) mass is 320 g/mol. The molecule has 0 unspecified atom stereocenters. The van der Waals surface area contributed by atoms with Crippen LogP contribution in [0.1, 0.15) is 0 Å². The van der Waals surface area contributed by atoms with Crippen LogP contribution >= 0.6 is 11.6 Å². The average molecular weight is 321 g/mol. The molecule has 3 aromatic carbocycles. The van der Waals surface area contributed by atoms with Gasteiger partial charge in [0.25, 0.3) is 0 Å². The number of benzene rings is 3. The molecule has 1 heterocycles. The molecule has 0 radical (unpaired) electrons. The molecule has 0 spiro atoms. The summed E-state index contributed by atoms with van der Waals surface area (Å²) < 4.78 is 5.78. The summed E-state index contributed by atoms with van der Waals surface area (Å²) in [6.45, 7) is 0. The van der Waals surface area contributed by atoms with Crippen LogP contribution in [0.25, 0.3) is 33.7 Å². The van der Waals surface area contributed by atoms with Gasteiger partial charge in [-0.2, -0.15) is 0 Å². The Hall–Kier alpha value is -2.78. The SMILES string of the molecule is Nc1ccc(-c2ccc(-c3nc4cc(Cl)ccc4o3)cc2)cc1. The number of nitrogens with zero attached hydrogens (tertiary/aromatic N) is 1. The number of nitrogen functional groups attached to an aromatic ring is 1. The number of aromatic nitrogens is 1. The van der Waals surface area contributed by atoms with Crippen molar-refractivity contribution in [3.63, 3.8) is 0 Å². The highest BCUT2D eigenvalue weighted by molar-refractivity contribution is 6.31. The summed E-state index contributed by atoms with van der Waals surface area (Å²) in [5, 5.41) is 0.649. The summed E-state index contributed by atoms with van der Waals surface area (Å²) in [6, 6.07) is 21.3. The maximum Gasteiger partial charge on any atom is 0.227 e. The van der Waals surface area contributed by atoms with E-state index in [0.29, 0.717) is 10.9 Å². The summed E-state index contributed by atoms with van der Waals surface area (Å²) in [6.07, 6.45) is 0. The minimum Gasteiger partial charge on any atom is -0.436 e. The Morgan fingerprint density at radius 2 is 1.39 bits per heavy atom. The van der Waals surface area contributed by atoms with E-state index in [-0.39, 0.29) is 0 Å². The molecule has 0 amide bonds. The maximum atomic E-state index is 5.98. The zero-order valence-electron chi connectivity index (χ0n) is 12.2. The predicted molar refractivity (Wildman–Crippen MR) is 94.3 cm³/mol. The van der Waals surface area contributed by atoms with E-state index in [2.05, 4.69) is 4.98 Å². The van der Waals surface area contributed by atoms with Gasteiger partial charge in [0.15, 0.2) is 5.58 Å². The maximum absolute atomic E-state index is 5.98. The van der Waals surface area contributed by atoms with Crippen molar-refractivity contribution in [1.29, 1.82) is 0 Å². The van der Waals surface area contributed by atoms with Crippen molar-refractivity contribution >= 4 is 28.4 Å². The molecule has 0 aliphatic rings. The molecule has 4 heteroatoms. The van der Waals surface area contributed by atoms with Crippen molar-refractivity contribution in [1.82, 2.24) is 4.98 Å². The molecular formula is C19H13ClN2O. The summed E-state index contributed by atoms with van der Waals surface area (Å²) in [5.74, 6) is 0.589. The Kier molecular flexibility index (Phi) is 3.28. The quantitative estimate of drug-likeness (QED) is 0.503. The lowest BCUT2D eigenvalue weighted by Gasteiger charge is -2.03. The van der Waals surface area contributed by atoms with Gasteiger partial charge in [-0.1, -0.05) is 35.9 Å². The van der Waals surface area contributed by atoms with Crippen molar-refractivity contribution in [2.75, 3.05) is 5.73 Å². The second kappa shape index (κ2) is 5.45. The van der Waals surface area contributed by atoms with Crippen molar-refractivity contribution in [3.05, 3.63) is 71.8 Å². The zero-order chi connectivity index (χ0) is 15.8. The molecule has 4 rings (SSSR count). The molecule has 3 nitrogen and oxygen atoms in total. The highest BCUT2D eigenvalue weighted by Crippen LogP contribution is 2.28. The van der Waals surface area contributed by atoms with E-state index < -0.39 is 0 Å². The van der Waals surface area contributed by atoms with Crippen LogP contribution in [0.5, 0.6) is 0 Å². The fourth-order valence-electron chi connectivity index (χ4n) is 2.50. The third kappa shape index (κ3) is 2.67. The Balaban J connectivity index is 1.70. The minimum absolute atomic E-state index is 0.589. The number of halogens is 1. The first-order chi connectivity index (χ1) is 11.2. The van der Waals surface area contributed by atoms with E-state index in [1.165, 1.54) is 0 Å². The first-order valence-electron chi connectivity index (χ1n) is 7.21. The van der Waals surface area contributed by atoms with Gasteiger partial charge in [0.1, 0.15) is 5.52 Å². The van der Waals surface area contributed by atoms with Crippen molar-refractivity contribution in [3.8, 4) is 22.6 Å². The van der Waals surface area contributed by atoms with Gasteiger partial charge in [-0.3, -0.25) is 0 Å². The van der Waals surface area contributed by atoms with Crippen molar-refractivity contribution in [2.45, 2.75) is 0 Å². The molecule has 4 aromatic rings. The highest BCUT2D eigenvalue weighted by atomic mass is 35.5. The van der Waals surface area contributed by atoms with Gasteiger partial charge in [-0.15, -0.1) is 0 Å². The number of hydrogen-bond donors (Lipinski definition) is 1. The van der Waals surface area contributed by atoms with Crippen LogP contribution < -0.4 is 5.73 Å². The van der Waals surface area contributed by atoms with Gasteiger partial charge in [0.05, 0.1) is 0 Å². The van der Waals surface area contributed by atoms with Gasteiger partial charge in [-0.05, 0) is 53.6 Å². The van der Waals surface area contributed by atoms with Crippen LogP contribution in [0.4, 0.5) is 5.69 Å². The molecule has 112 valence electrons. The number of hydrogen-bond acceptors (Lipinski definition) is 3. The van der Waals surface area contributed by atoms with Gasteiger partial charge in [-0.25, -0.2) is 4.98 Å². The molecular weight excluding hydrogens is 308 g/mol. The van der Waals surface area contributed by atoms with Crippen molar-refractivity contribution in [2.24, 2.45) is 0 Å². The summed E-state index contributed by atoms with van der Waals surface area (Å²) >= 11 is 5.98. The van der Waals surface area contributed by atoms with Gasteiger partial charge in [0, 0.05) is 16.3 Å². The topological polar surface area (TPSA) is 52.0 Å². The number of rotatable bonds is 2. The van der Waals surface area contributed by atoms with Crippen LogP contribution in [-0.2, 0) is 0 Å². The summed E-state index contributed by atoms with van der Waals surface area (Å²) in [5.41, 5.74) is 11.1. The molecule has 1 aromatic heterocycles. The molecule has 0 bridgehead atoms. The first kappa shape index (κ1) is 13.9. The molecule has 23 heavy (non-hydrogen) atoms. The average Bonchev–Trinajstić information content (AvgIpc) is 2.99. The lowest BCUT2D eigenvalue weighted by molar-refractivity contribution is 0.620. The third-order valence-corrected chi connectivity index (χ3v) is 3.96. The molecule has 0 aliphatic heterocycles. The fraction of sp³-hybridized carbons (Fsp3) is 0. The van der Waals surface area contributed by atoms with E-state index in [4.69, 9.17) is 21.8 Å². The normalized spacial score (nSPS) is 11.0. The standard InChI is InChI=1S/C19H13ClN2O/c20-15-7-10-18-17(11-15)22-19(23-18)14-3-1-12(2-4-14)13-5-8-16(21)9-6-13/h1-11H,21H2. The molecule has 2 N–H and O–H groups in total. The minimum atomic E-state index is 0.589. The highest BCUT2D eigenvalue weighted by Gasteiger charge is 2.09. The second-order valence-electron chi connectivity index (χ2n) is 5.33. The van der Waals surface area contributed by atoms with Crippen LogP contribution in [0.3, 0.4) is 0 Å². The predicted octanol–water partition coefficient (Wildman–Crippen LogP) is 5.40. The van der Waals surface area contributed by atoms with Gasteiger partial charge < -0.3 is 10.2 Å². The largest absolute Gasteiger partial charge is 0.436 e. The lowest BCUT2D eigenvalue weighted by Crippen LogP contribution is -1.84. The second-order valence-corrected chi connectivity index (χ2v) is 5.77. The van der Waals surface area contributed by atoms with Crippen LogP contribution in [0, 0.1) is 0 Å². The van der Waals surface area contributed by atoms with Gasteiger partial charge in [0.2, 0.25) is 5.89 Å². The van der Waals surface area contributed by atoms with Crippen LogP contribution in [0.15, 0.2) is 71.1 Å². The number of nitrogens with two attached hydrogens (primary N) is 1. The molecule has 0 saturated carbocycles. The first-order valence-corrected chi connectivity index (χ1v) is 7.59. The van der Waals surface area contributed by atoms with E-state index in [0.717, 1.165) is 33.5 Å². The Morgan fingerprint density at radius 1 is 0.783 bits per heavy atom. The third-order valence-electron chi connectivity index (χ3n) is 3.73. The van der Waals surface area contributed by atoms with E-state index >= 15 is 0 Å². The molecule has 0 fully saturated rings. The van der Waals surface area contributed by atoms with E-state index in [9.17, 15) is 0 Å². The summed E-state index contributed by atoms with van der Waals surface area (Å²) in [7, 11) is 0. The smallest absolute Gasteiger partial charge is 0.227 e. The van der Waals surface area contributed by atoms with Crippen molar-refractivity contribution < 1.29 is 4.42 Å². The summed E-state index contributed by atoms with van der Waals surface area (Å²) in [4.78, 5) is 4.49. The fourth-order valence-corrected chi connectivity index (χ4v) is 2.67. The number of fused-ring (bicyclic) bond motifs is 1. The van der Waals surface area contributed by atoms with E-state index in [1.54, 1.807) is 12.1 Å². The number of anilines is 1. The zero-order valence-corrected chi connectivity index (χ0v) is 12.9. The molecule has 0 aliphatic carbocycles.